The van der Waals surface area contributed by atoms with Gasteiger partial charge in [0.2, 0.25) is 0 Å². The minimum atomic E-state index is -0.391. The Morgan fingerprint density at radius 1 is 0.935 bits per heavy atom. The van der Waals surface area contributed by atoms with Crippen LogP contribution in [0.3, 0.4) is 0 Å². The monoisotopic (exact) mass is 421 g/mol. The van der Waals surface area contributed by atoms with Crippen molar-refractivity contribution in [3.63, 3.8) is 0 Å². The van der Waals surface area contributed by atoms with Crippen LogP contribution in [0.2, 0.25) is 0 Å². The number of aromatic nitrogens is 3. The third-order valence-electron chi connectivity index (χ3n) is 6.46. The summed E-state index contributed by atoms with van der Waals surface area (Å²) in [6.07, 6.45) is 3.50. The summed E-state index contributed by atoms with van der Waals surface area (Å²) in [7, 11) is 3.71. The summed E-state index contributed by atoms with van der Waals surface area (Å²) >= 11 is 0. The van der Waals surface area contributed by atoms with Crippen molar-refractivity contribution < 1.29 is 0 Å². The van der Waals surface area contributed by atoms with Crippen molar-refractivity contribution in [1.82, 2.24) is 18.6 Å². The van der Waals surface area contributed by atoms with Crippen LogP contribution in [-0.2, 0) is 7.05 Å². The van der Waals surface area contributed by atoms with Gasteiger partial charge in [-0.2, -0.15) is 0 Å². The highest BCUT2D eigenvalue weighted by Gasteiger charge is 2.31. The Balaban J connectivity index is 1.81. The van der Waals surface area contributed by atoms with Gasteiger partial charge in [-0.15, -0.1) is 0 Å². The maximum atomic E-state index is 13.6. The molecule has 1 saturated heterocycles. The molecule has 8 nitrogen and oxygen atoms in total. The lowest BCUT2D eigenvalue weighted by molar-refractivity contribution is 0.264. The van der Waals surface area contributed by atoms with E-state index in [1.165, 1.54) is 19.8 Å². The third kappa shape index (κ3) is 3.40. The second kappa shape index (κ2) is 7.53. The molecule has 0 bridgehead atoms. The Hall–Kier alpha value is -3.13. The van der Waals surface area contributed by atoms with E-state index < -0.39 is 5.69 Å². The molecule has 3 aromatic rings. The van der Waals surface area contributed by atoms with E-state index >= 15 is 0 Å². The van der Waals surface area contributed by atoms with Crippen molar-refractivity contribution in [1.29, 1.82) is 0 Å². The van der Waals surface area contributed by atoms with Crippen molar-refractivity contribution in [3.8, 4) is 5.69 Å². The Kier molecular flexibility index (Phi) is 4.81. The Bertz CT molecular complexity index is 1310. The molecular formula is C23H27N5O3. The number of pyridine rings is 1. The van der Waals surface area contributed by atoms with Crippen molar-refractivity contribution >= 4 is 16.7 Å². The van der Waals surface area contributed by atoms with E-state index in [-0.39, 0.29) is 23.2 Å². The quantitative estimate of drug-likeness (QED) is 0.693. The molecule has 0 unspecified atom stereocenters. The van der Waals surface area contributed by atoms with E-state index in [2.05, 4.69) is 17.3 Å². The highest BCUT2D eigenvalue weighted by molar-refractivity contribution is 5.89. The first-order valence-electron chi connectivity index (χ1n) is 10.9. The minimum Gasteiger partial charge on any atom is -0.381 e. The van der Waals surface area contributed by atoms with E-state index in [4.69, 9.17) is 0 Å². The summed E-state index contributed by atoms with van der Waals surface area (Å²) in [6, 6.07) is 10.8. The van der Waals surface area contributed by atoms with E-state index in [0.29, 0.717) is 22.4 Å². The van der Waals surface area contributed by atoms with Gasteiger partial charge in [-0.05, 0) is 58.0 Å². The first-order valence-corrected chi connectivity index (χ1v) is 10.9. The van der Waals surface area contributed by atoms with Gasteiger partial charge in [0, 0.05) is 25.2 Å². The number of para-hydroxylation sites is 1. The Labute approximate surface area is 179 Å². The van der Waals surface area contributed by atoms with Gasteiger partial charge < -0.3 is 10.2 Å². The lowest BCUT2D eigenvalue weighted by Gasteiger charge is -2.30. The maximum absolute atomic E-state index is 13.6. The fourth-order valence-electron chi connectivity index (χ4n) is 4.51. The minimum absolute atomic E-state index is 0.0761. The van der Waals surface area contributed by atoms with Crippen LogP contribution in [-0.4, -0.2) is 44.8 Å². The second-order valence-corrected chi connectivity index (χ2v) is 8.74. The summed E-state index contributed by atoms with van der Waals surface area (Å²) < 4.78 is 4.29. The predicted molar refractivity (Wildman–Crippen MR) is 121 cm³/mol. The van der Waals surface area contributed by atoms with Gasteiger partial charge in [0.15, 0.2) is 0 Å². The molecule has 8 heteroatoms. The van der Waals surface area contributed by atoms with Crippen LogP contribution < -0.4 is 22.1 Å². The standard InChI is InChI=1S/C23H27N5O3/c1-25-12-10-15(11-13-25)24-18-14-19(29)26(2)21-20(18)22(30)28(17-8-9-17)23(31)27(21)16-6-4-3-5-7-16/h3-7,14-15,17,24H,8-13H2,1-2H3. The highest BCUT2D eigenvalue weighted by Crippen LogP contribution is 2.33. The van der Waals surface area contributed by atoms with E-state index in [9.17, 15) is 14.4 Å². The number of piperidine rings is 1. The summed E-state index contributed by atoms with van der Waals surface area (Å²) in [5.41, 5.74) is 0.532. The molecule has 1 aliphatic carbocycles. The summed E-state index contributed by atoms with van der Waals surface area (Å²) in [4.78, 5) is 42.2. The topological polar surface area (TPSA) is 81.3 Å². The molecule has 2 aromatic heterocycles. The van der Waals surface area contributed by atoms with Gasteiger partial charge in [0.1, 0.15) is 11.0 Å². The zero-order valence-electron chi connectivity index (χ0n) is 17.9. The zero-order chi connectivity index (χ0) is 21.7. The first-order chi connectivity index (χ1) is 15.0. The molecule has 1 aromatic carbocycles. The largest absolute Gasteiger partial charge is 0.381 e. The van der Waals surface area contributed by atoms with Crippen molar-refractivity contribution in [2.75, 3.05) is 25.5 Å². The van der Waals surface area contributed by atoms with E-state index in [1.54, 1.807) is 7.05 Å². The fraction of sp³-hybridized carbons (Fsp3) is 0.435. The number of hydrogen-bond donors (Lipinski definition) is 1. The molecule has 31 heavy (non-hydrogen) atoms. The summed E-state index contributed by atoms with van der Waals surface area (Å²) in [5, 5.41) is 3.87. The van der Waals surface area contributed by atoms with Crippen LogP contribution >= 0.6 is 0 Å². The average Bonchev–Trinajstić information content (AvgIpc) is 3.59. The van der Waals surface area contributed by atoms with Crippen LogP contribution in [0.5, 0.6) is 0 Å². The normalized spacial score (nSPS) is 17.9. The smallest absolute Gasteiger partial charge is 0.337 e. The molecule has 162 valence electrons. The van der Waals surface area contributed by atoms with Crippen molar-refractivity contribution in [2.45, 2.75) is 37.8 Å². The molecule has 0 spiro atoms. The number of hydrogen-bond acceptors (Lipinski definition) is 5. The Morgan fingerprint density at radius 2 is 1.61 bits per heavy atom. The SMILES string of the molecule is CN1CCC(Nc2cc(=O)n(C)c3c2c(=O)n(C2CC2)c(=O)n3-c2ccccc2)CC1. The van der Waals surface area contributed by atoms with E-state index in [0.717, 1.165) is 38.8 Å². The predicted octanol–water partition coefficient (Wildman–Crippen LogP) is 1.69. The molecule has 0 atom stereocenters. The molecule has 0 radical (unpaired) electrons. The molecule has 1 saturated carbocycles. The van der Waals surface area contributed by atoms with Crippen molar-refractivity contribution in [2.24, 2.45) is 7.05 Å². The number of anilines is 1. The molecule has 1 aliphatic heterocycles. The average molecular weight is 422 g/mol. The third-order valence-corrected chi connectivity index (χ3v) is 6.46. The van der Waals surface area contributed by atoms with Crippen LogP contribution in [0.1, 0.15) is 31.7 Å². The fourth-order valence-corrected chi connectivity index (χ4v) is 4.51. The number of fused-ring (bicyclic) bond motifs is 1. The number of nitrogens with one attached hydrogen (secondary N) is 1. The number of aryl methyl sites for hydroxylation is 1. The summed E-state index contributed by atoms with van der Waals surface area (Å²) in [5.74, 6) is 0. The Morgan fingerprint density at radius 3 is 2.26 bits per heavy atom. The van der Waals surface area contributed by atoms with Gasteiger partial charge in [0.05, 0.1) is 11.4 Å². The number of nitrogens with zero attached hydrogens (tertiary/aromatic N) is 4. The molecule has 1 N–H and O–H groups in total. The van der Waals surface area contributed by atoms with Gasteiger partial charge in [-0.1, -0.05) is 18.2 Å². The highest BCUT2D eigenvalue weighted by atomic mass is 16.2. The van der Waals surface area contributed by atoms with Crippen LogP contribution in [0, 0.1) is 0 Å². The maximum Gasteiger partial charge on any atom is 0.337 e. The second-order valence-electron chi connectivity index (χ2n) is 8.74. The van der Waals surface area contributed by atoms with Gasteiger partial charge in [-0.3, -0.25) is 18.7 Å². The van der Waals surface area contributed by atoms with Crippen molar-refractivity contribution in [3.05, 3.63) is 67.6 Å². The number of rotatable bonds is 4. The lowest BCUT2D eigenvalue weighted by atomic mass is 10.0. The summed E-state index contributed by atoms with van der Waals surface area (Å²) in [6.45, 7) is 1.92. The molecule has 2 fully saturated rings. The number of benzene rings is 1. The lowest BCUT2D eigenvalue weighted by Crippen LogP contribution is -2.42. The van der Waals surface area contributed by atoms with Crippen LogP contribution in [0.4, 0.5) is 5.69 Å². The van der Waals surface area contributed by atoms with Gasteiger partial charge in [0.25, 0.3) is 11.1 Å². The molecule has 0 amide bonds. The molecule has 2 aliphatic rings. The molecular weight excluding hydrogens is 394 g/mol. The zero-order valence-corrected chi connectivity index (χ0v) is 17.9. The first kappa shape index (κ1) is 19.8. The molecule has 5 rings (SSSR count). The van der Waals surface area contributed by atoms with Crippen LogP contribution in [0.15, 0.2) is 50.8 Å². The van der Waals surface area contributed by atoms with Gasteiger partial charge >= 0.3 is 5.69 Å². The van der Waals surface area contributed by atoms with E-state index in [1.807, 2.05) is 30.3 Å². The van der Waals surface area contributed by atoms with Crippen LogP contribution in [0.25, 0.3) is 16.7 Å². The van der Waals surface area contributed by atoms with Gasteiger partial charge in [-0.25, -0.2) is 9.36 Å². The number of likely N-dealkylation sites (tertiary alicyclic amines) is 1. The molecule has 3 heterocycles.